The second-order valence-corrected chi connectivity index (χ2v) is 5.88. The van der Waals surface area contributed by atoms with Crippen LogP contribution >= 0.6 is 22.9 Å². The average molecular weight is 247 g/mol. The fraction of sp³-hybridized carbons (Fsp3) is 0.700. The van der Waals surface area contributed by atoms with Gasteiger partial charge in [0.25, 0.3) is 0 Å². The molecule has 0 bridgehead atoms. The SMILES string of the molecule is OCCC1(CNCc2ncc(Cl)s2)CC1. The Hall–Kier alpha value is -0.160. The van der Waals surface area contributed by atoms with Gasteiger partial charge in [-0.1, -0.05) is 11.6 Å². The summed E-state index contributed by atoms with van der Waals surface area (Å²) in [6.07, 6.45) is 5.07. The van der Waals surface area contributed by atoms with Crippen LogP contribution < -0.4 is 5.32 Å². The Morgan fingerprint density at radius 3 is 2.93 bits per heavy atom. The first-order chi connectivity index (χ1) is 7.24. The van der Waals surface area contributed by atoms with E-state index >= 15 is 0 Å². The fourth-order valence-corrected chi connectivity index (χ4v) is 2.66. The predicted molar refractivity (Wildman–Crippen MR) is 62.2 cm³/mol. The summed E-state index contributed by atoms with van der Waals surface area (Å²) in [6.45, 7) is 2.06. The van der Waals surface area contributed by atoms with Crippen LogP contribution in [0.1, 0.15) is 24.3 Å². The quantitative estimate of drug-likeness (QED) is 0.808. The molecule has 1 aliphatic carbocycles. The van der Waals surface area contributed by atoms with Crippen LogP contribution in [0.15, 0.2) is 6.20 Å². The van der Waals surface area contributed by atoms with Gasteiger partial charge in [0.1, 0.15) is 9.34 Å². The molecule has 0 spiro atoms. The van der Waals surface area contributed by atoms with Gasteiger partial charge in [0.05, 0.1) is 6.20 Å². The fourth-order valence-electron chi connectivity index (χ4n) is 1.73. The van der Waals surface area contributed by atoms with Gasteiger partial charge in [-0.25, -0.2) is 4.98 Å². The first-order valence-corrected chi connectivity index (χ1v) is 6.35. The first kappa shape index (κ1) is 11.3. The summed E-state index contributed by atoms with van der Waals surface area (Å²) >= 11 is 7.30. The van der Waals surface area contributed by atoms with E-state index < -0.39 is 0 Å². The van der Waals surface area contributed by atoms with Crippen molar-refractivity contribution in [1.29, 1.82) is 0 Å². The molecular formula is C10H15ClN2OS. The second-order valence-electron chi connectivity index (χ2n) is 4.14. The van der Waals surface area contributed by atoms with Crippen molar-refractivity contribution in [2.24, 2.45) is 5.41 Å². The molecule has 0 aliphatic heterocycles. The zero-order valence-electron chi connectivity index (χ0n) is 8.50. The summed E-state index contributed by atoms with van der Waals surface area (Å²) in [4.78, 5) is 4.18. The van der Waals surface area contributed by atoms with Gasteiger partial charge in [-0.05, 0) is 24.7 Å². The van der Waals surface area contributed by atoms with E-state index in [1.807, 2.05) is 0 Å². The molecular weight excluding hydrogens is 232 g/mol. The normalized spacial score (nSPS) is 18.0. The third kappa shape index (κ3) is 3.14. The van der Waals surface area contributed by atoms with Crippen LogP contribution in [0.4, 0.5) is 0 Å². The smallest absolute Gasteiger partial charge is 0.113 e. The van der Waals surface area contributed by atoms with E-state index in [1.54, 1.807) is 6.20 Å². The Bertz CT molecular complexity index is 325. The summed E-state index contributed by atoms with van der Waals surface area (Å²) in [5, 5.41) is 13.3. The first-order valence-electron chi connectivity index (χ1n) is 5.16. The van der Waals surface area contributed by atoms with Crippen molar-refractivity contribution < 1.29 is 5.11 Å². The third-order valence-electron chi connectivity index (χ3n) is 2.90. The van der Waals surface area contributed by atoms with E-state index in [9.17, 15) is 0 Å². The van der Waals surface area contributed by atoms with Crippen LogP contribution in [0.5, 0.6) is 0 Å². The maximum absolute atomic E-state index is 8.91. The maximum Gasteiger partial charge on any atom is 0.113 e. The van der Waals surface area contributed by atoms with Gasteiger partial charge in [-0.2, -0.15) is 0 Å². The summed E-state index contributed by atoms with van der Waals surface area (Å²) < 4.78 is 0.739. The van der Waals surface area contributed by atoms with Gasteiger partial charge in [0.15, 0.2) is 0 Å². The third-order valence-corrected chi connectivity index (χ3v) is 4.02. The minimum Gasteiger partial charge on any atom is -0.396 e. The van der Waals surface area contributed by atoms with Crippen molar-refractivity contribution in [3.63, 3.8) is 0 Å². The molecule has 0 radical (unpaired) electrons. The summed E-state index contributed by atoms with van der Waals surface area (Å²) in [5.74, 6) is 0. The largest absolute Gasteiger partial charge is 0.396 e. The van der Waals surface area contributed by atoms with Gasteiger partial charge in [-0.3, -0.25) is 0 Å². The van der Waals surface area contributed by atoms with Crippen LogP contribution in [0, 0.1) is 5.41 Å². The van der Waals surface area contributed by atoms with Crippen molar-refractivity contribution in [2.45, 2.75) is 25.8 Å². The number of hydrogen-bond acceptors (Lipinski definition) is 4. The molecule has 15 heavy (non-hydrogen) atoms. The molecule has 1 aromatic rings. The highest BCUT2D eigenvalue weighted by Crippen LogP contribution is 2.47. The number of hydrogen-bond donors (Lipinski definition) is 2. The van der Waals surface area contributed by atoms with Gasteiger partial charge >= 0.3 is 0 Å². The zero-order chi connectivity index (χ0) is 10.7. The van der Waals surface area contributed by atoms with Crippen molar-refractivity contribution >= 4 is 22.9 Å². The van der Waals surface area contributed by atoms with Crippen LogP contribution in [-0.2, 0) is 6.54 Å². The number of halogens is 1. The van der Waals surface area contributed by atoms with Gasteiger partial charge in [0.2, 0.25) is 0 Å². The zero-order valence-corrected chi connectivity index (χ0v) is 10.1. The number of thiazole rings is 1. The lowest BCUT2D eigenvalue weighted by Crippen LogP contribution is -2.24. The van der Waals surface area contributed by atoms with Gasteiger partial charge in [-0.15, -0.1) is 11.3 Å². The van der Waals surface area contributed by atoms with Crippen molar-refractivity contribution in [1.82, 2.24) is 10.3 Å². The molecule has 0 saturated heterocycles. The Balaban J connectivity index is 1.71. The standard InChI is InChI=1S/C10H15ClN2OS/c11-8-5-13-9(15-8)6-12-7-10(1-2-10)3-4-14/h5,12,14H,1-4,6-7H2. The number of aliphatic hydroxyl groups is 1. The maximum atomic E-state index is 8.91. The van der Waals surface area contributed by atoms with Gasteiger partial charge in [0, 0.05) is 19.7 Å². The second kappa shape index (κ2) is 4.78. The van der Waals surface area contributed by atoms with Crippen LogP contribution in [0.3, 0.4) is 0 Å². The predicted octanol–water partition coefficient (Wildman–Crippen LogP) is 2.05. The summed E-state index contributed by atoms with van der Waals surface area (Å²) in [5.41, 5.74) is 0.371. The molecule has 1 fully saturated rings. The highest BCUT2D eigenvalue weighted by molar-refractivity contribution is 7.15. The number of nitrogens with one attached hydrogen (secondary N) is 1. The Kier molecular flexibility index (Phi) is 3.61. The van der Waals surface area contributed by atoms with Crippen LogP contribution in [0.2, 0.25) is 4.34 Å². The molecule has 1 aromatic heterocycles. The molecule has 0 atom stereocenters. The monoisotopic (exact) mass is 246 g/mol. The molecule has 0 unspecified atom stereocenters. The Morgan fingerprint density at radius 2 is 2.40 bits per heavy atom. The molecule has 1 heterocycles. The highest BCUT2D eigenvalue weighted by Gasteiger charge is 2.41. The van der Waals surface area contributed by atoms with E-state index in [1.165, 1.54) is 24.2 Å². The molecule has 1 saturated carbocycles. The summed E-state index contributed by atoms with van der Waals surface area (Å²) in [6, 6.07) is 0. The highest BCUT2D eigenvalue weighted by atomic mass is 35.5. The lowest BCUT2D eigenvalue weighted by Gasteiger charge is -2.13. The minimum atomic E-state index is 0.296. The van der Waals surface area contributed by atoms with E-state index in [0.717, 1.165) is 28.9 Å². The topological polar surface area (TPSA) is 45.1 Å². The number of rotatable bonds is 6. The van der Waals surface area contributed by atoms with E-state index in [4.69, 9.17) is 16.7 Å². The van der Waals surface area contributed by atoms with Crippen LogP contribution in [0.25, 0.3) is 0 Å². The lowest BCUT2D eigenvalue weighted by atomic mass is 10.0. The molecule has 5 heteroatoms. The number of nitrogens with zero attached hydrogens (tertiary/aromatic N) is 1. The Labute approximate surface area is 98.5 Å². The molecule has 2 N–H and O–H groups in total. The molecule has 0 amide bonds. The van der Waals surface area contributed by atoms with E-state index in [-0.39, 0.29) is 0 Å². The van der Waals surface area contributed by atoms with Crippen LogP contribution in [-0.4, -0.2) is 23.2 Å². The Morgan fingerprint density at radius 1 is 1.60 bits per heavy atom. The molecule has 0 aromatic carbocycles. The van der Waals surface area contributed by atoms with Crippen molar-refractivity contribution in [2.75, 3.05) is 13.2 Å². The summed E-state index contributed by atoms with van der Waals surface area (Å²) in [7, 11) is 0. The van der Waals surface area contributed by atoms with E-state index in [0.29, 0.717) is 12.0 Å². The number of aromatic nitrogens is 1. The molecule has 84 valence electrons. The van der Waals surface area contributed by atoms with Crippen molar-refractivity contribution in [3.8, 4) is 0 Å². The number of aliphatic hydroxyl groups excluding tert-OH is 1. The average Bonchev–Trinajstić information content (AvgIpc) is 2.83. The molecule has 1 aliphatic rings. The lowest BCUT2D eigenvalue weighted by molar-refractivity contribution is 0.245. The van der Waals surface area contributed by atoms with Gasteiger partial charge < -0.3 is 10.4 Å². The minimum absolute atomic E-state index is 0.296. The molecule has 3 nitrogen and oxygen atoms in total. The molecule has 2 rings (SSSR count). The van der Waals surface area contributed by atoms with E-state index in [2.05, 4.69) is 10.3 Å². The van der Waals surface area contributed by atoms with Crippen molar-refractivity contribution in [3.05, 3.63) is 15.5 Å².